The molecule has 4 nitrogen and oxygen atoms in total. The molecule has 2 rings (SSSR count). The number of hydrogen-bond donors (Lipinski definition) is 1. The van der Waals surface area contributed by atoms with Gasteiger partial charge in [-0.25, -0.2) is 0 Å². The van der Waals surface area contributed by atoms with E-state index in [1.165, 1.54) is 25.6 Å². The fourth-order valence-electron chi connectivity index (χ4n) is 1.97. The molecule has 0 aliphatic carbocycles. The Hall–Kier alpha value is -1.72. The minimum atomic E-state index is -0.220. The Morgan fingerprint density at radius 1 is 1.24 bits per heavy atom. The molecule has 1 N–H and O–H groups in total. The van der Waals surface area contributed by atoms with Crippen LogP contribution in [0.5, 0.6) is 11.5 Å². The van der Waals surface area contributed by atoms with Crippen LogP contribution in [-0.4, -0.2) is 20.1 Å². The molecule has 0 fully saturated rings. The topological polar surface area (TPSA) is 47.6 Å². The van der Waals surface area contributed by atoms with Gasteiger partial charge in [-0.2, -0.15) is 0 Å². The van der Waals surface area contributed by atoms with Crippen LogP contribution < -0.4 is 14.8 Å². The van der Waals surface area contributed by atoms with Gasteiger partial charge in [-0.05, 0) is 31.2 Å². The van der Waals surface area contributed by atoms with E-state index in [-0.39, 0.29) is 11.9 Å². The monoisotopic (exact) mass is 325 g/mol. The van der Waals surface area contributed by atoms with Gasteiger partial charge in [-0.1, -0.05) is 17.7 Å². The predicted molar refractivity (Wildman–Crippen MR) is 84.8 cm³/mol. The molecule has 0 aliphatic heterocycles. The quantitative estimate of drug-likeness (QED) is 0.906. The average molecular weight is 326 g/mol. The number of carbonyl (C=O) groups is 1. The van der Waals surface area contributed by atoms with E-state index in [0.717, 1.165) is 4.88 Å². The molecule has 0 saturated heterocycles. The van der Waals surface area contributed by atoms with Crippen molar-refractivity contribution in [2.75, 3.05) is 14.2 Å². The molecule has 2 aromatic rings. The highest BCUT2D eigenvalue weighted by atomic mass is 35.5. The number of methoxy groups -OCH3 is 2. The highest BCUT2D eigenvalue weighted by Crippen LogP contribution is 2.31. The molecule has 1 unspecified atom stereocenters. The molecule has 1 aromatic carbocycles. The van der Waals surface area contributed by atoms with Gasteiger partial charge in [0.05, 0.1) is 30.2 Å². The number of nitrogens with one attached hydrogen (secondary N) is 1. The molecule has 0 spiro atoms. The van der Waals surface area contributed by atoms with Crippen LogP contribution in [0.25, 0.3) is 0 Å². The normalized spacial score (nSPS) is 11.8. The number of para-hydroxylation sites is 1. The fourth-order valence-corrected chi connectivity index (χ4v) is 3.04. The molecule has 0 radical (unpaired) electrons. The molecule has 1 atom stereocenters. The SMILES string of the molecule is COc1cccc(C(=O)NC(C)c2ccc(Cl)s2)c1OC. The Labute approximate surface area is 132 Å². The smallest absolute Gasteiger partial charge is 0.255 e. The third kappa shape index (κ3) is 3.49. The van der Waals surface area contributed by atoms with E-state index < -0.39 is 0 Å². The zero-order valence-electron chi connectivity index (χ0n) is 12.0. The standard InChI is InChI=1S/C15H16ClNO3S/c1-9(12-7-8-13(16)21-12)17-15(18)10-5-4-6-11(19-2)14(10)20-3/h4-9H,1-3H3,(H,17,18). The van der Waals surface area contributed by atoms with Crippen LogP contribution in [-0.2, 0) is 0 Å². The summed E-state index contributed by atoms with van der Waals surface area (Å²) in [5, 5.41) is 2.93. The number of carbonyl (C=O) groups excluding carboxylic acids is 1. The van der Waals surface area contributed by atoms with Gasteiger partial charge in [0.15, 0.2) is 11.5 Å². The molecular formula is C15H16ClNO3S. The molecular weight excluding hydrogens is 310 g/mol. The van der Waals surface area contributed by atoms with Crippen LogP contribution in [0.3, 0.4) is 0 Å². The molecule has 6 heteroatoms. The van der Waals surface area contributed by atoms with Gasteiger partial charge < -0.3 is 14.8 Å². The van der Waals surface area contributed by atoms with Crippen molar-refractivity contribution < 1.29 is 14.3 Å². The largest absolute Gasteiger partial charge is 0.493 e. The van der Waals surface area contributed by atoms with Crippen molar-refractivity contribution in [1.82, 2.24) is 5.32 Å². The van der Waals surface area contributed by atoms with E-state index >= 15 is 0 Å². The summed E-state index contributed by atoms with van der Waals surface area (Å²) in [6.45, 7) is 1.91. The third-order valence-corrected chi connectivity index (χ3v) is 4.43. The van der Waals surface area contributed by atoms with Gasteiger partial charge in [-0.3, -0.25) is 4.79 Å². The fraction of sp³-hybridized carbons (Fsp3) is 0.267. The van der Waals surface area contributed by atoms with Gasteiger partial charge in [0, 0.05) is 4.88 Å². The molecule has 21 heavy (non-hydrogen) atoms. The second-order valence-electron chi connectivity index (χ2n) is 4.38. The number of benzene rings is 1. The van der Waals surface area contributed by atoms with Gasteiger partial charge in [0.2, 0.25) is 0 Å². The maximum Gasteiger partial charge on any atom is 0.255 e. The van der Waals surface area contributed by atoms with Crippen LogP contribution in [0.2, 0.25) is 4.34 Å². The summed E-state index contributed by atoms with van der Waals surface area (Å²) in [4.78, 5) is 13.4. The van der Waals surface area contributed by atoms with Gasteiger partial charge in [0.1, 0.15) is 0 Å². The second kappa shape index (κ2) is 6.83. The number of amides is 1. The van der Waals surface area contributed by atoms with Crippen molar-refractivity contribution in [3.63, 3.8) is 0 Å². The van der Waals surface area contributed by atoms with Crippen LogP contribution in [0.15, 0.2) is 30.3 Å². The van der Waals surface area contributed by atoms with Crippen molar-refractivity contribution in [2.45, 2.75) is 13.0 Å². The number of hydrogen-bond acceptors (Lipinski definition) is 4. The lowest BCUT2D eigenvalue weighted by Gasteiger charge is -2.15. The zero-order valence-corrected chi connectivity index (χ0v) is 13.5. The minimum Gasteiger partial charge on any atom is -0.493 e. The van der Waals surface area contributed by atoms with Gasteiger partial charge in [0.25, 0.3) is 5.91 Å². The predicted octanol–water partition coefficient (Wildman–Crippen LogP) is 3.91. The first kappa shape index (κ1) is 15.7. The second-order valence-corrected chi connectivity index (χ2v) is 6.12. The lowest BCUT2D eigenvalue weighted by atomic mass is 10.1. The Morgan fingerprint density at radius 2 is 2.00 bits per heavy atom. The maximum absolute atomic E-state index is 12.4. The van der Waals surface area contributed by atoms with Crippen molar-refractivity contribution in [3.05, 3.63) is 45.1 Å². The van der Waals surface area contributed by atoms with Gasteiger partial charge >= 0.3 is 0 Å². The Morgan fingerprint density at radius 3 is 2.57 bits per heavy atom. The van der Waals surface area contributed by atoms with Gasteiger partial charge in [-0.15, -0.1) is 11.3 Å². The Kier molecular flexibility index (Phi) is 5.09. The van der Waals surface area contributed by atoms with E-state index in [4.69, 9.17) is 21.1 Å². The van der Waals surface area contributed by atoms with Crippen molar-refractivity contribution in [2.24, 2.45) is 0 Å². The summed E-state index contributed by atoms with van der Waals surface area (Å²) in [5.41, 5.74) is 0.436. The van der Waals surface area contributed by atoms with Crippen LogP contribution in [0.1, 0.15) is 28.2 Å². The van der Waals surface area contributed by atoms with Crippen LogP contribution >= 0.6 is 22.9 Å². The van der Waals surface area contributed by atoms with Crippen molar-refractivity contribution in [1.29, 1.82) is 0 Å². The molecule has 1 heterocycles. The minimum absolute atomic E-state index is 0.133. The molecule has 1 aromatic heterocycles. The van der Waals surface area contributed by atoms with E-state index in [0.29, 0.717) is 21.4 Å². The molecule has 112 valence electrons. The summed E-state index contributed by atoms with van der Waals surface area (Å²) in [6, 6.07) is 8.79. The van der Waals surface area contributed by atoms with Crippen LogP contribution in [0.4, 0.5) is 0 Å². The lowest BCUT2D eigenvalue weighted by molar-refractivity contribution is 0.0937. The average Bonchev–Trinajstić information content (AvgIpc) is 2.92. The molecule has 1 amide bonds. The third-order valence-electron chi connectivity index (χ3n) is 3.02. The Balaban J connectivity index is 2.20. The highest BCUT2D eigenvalue weighted by Gasteiger charge is 2.19. The van der Waals surface area contributed by atoms with Crippen molar-refractivity contribution in [3.8, 4) is 11.5 Å². The molecule has 0 bridgehead atoms. The highest BCUT2D eigenvalue weighted by molar-refractivity contribution is 7.16. The summed E-state index contributed by atoms with van der Waals surface area (Å²) < 4.78 is 11.2. The van der Waals surface area contributed by atoms with E-state index in [9.17, 15) is 4.79 Å². The zero-order chi connectivity index (χ0) is 15.4. The first-order chi connectivity index (χ1) is 10.1. The van der Waals surface area contributed by atoms with E-state index in [2.05, 4.69) is 5.32 Å². The number of halogens is 1. The number of rotatable bonds is 5. The van der Waals surface area contributed by atoms with Crippen molar-refractivity contribution >= 4 is 28.8 Å². The summed E-state index contributed by atoms with van der Waals surface area (Å²) in [6.07, 6.45) is 0. The van der Waals surface area contributed by atoms with E-state index in [1.54, 1.807) is 18.2 Å². The summed E-state index contributed by atoms with van der Waals surface area (Å²) >= 11 is 7.36. The van der Waals surface area contributed by atoms with Crippen LogP contribution in [0, 0.1) is 0 Å². The number of ether oxygens (including phenoxy) is 2. The summed E-state index contributed by atoms with van der Waals surface area (Å²) in [7, 11) is 3.05. The molecule has 0 aliphatic rings. The van der Waals surface area contributed by atoms with E-state index in [1.807, 2.05) is 19.1 Å². The summed E-state index contributed by atoms with van der Waals surface area (Å²) in [5.74, 6) is 0.730. The Bertz CT molecular complexity index is 642. The lowest BCUT2D eigenvalue weighted by Crippen LogP contribution is -2.26. The number of thiophene rings is 1. The molecule has 0 saturated carbocycles. The first-order valence-electron chi connectivity index (χ1n) is 6.34. The maximum atomic E-state index is 12.4. The first-order valence-corrected chi connectivity index (χ1v) is 7.53.